The molecular weight excluding hydrogens is 697 g/mol. The first-order chi connectivity index (χ1) is 27.5. The van der Waals surface area contributed by atoms with Crippen molar-refractivity contribution in [2.45, 2.75) is 182 Å². The smallest absolute Gasteiger partial charge is 0.187 e. The van der Waals surface area contributed by atoms with Gasteiger partial charge in [0.2, 0.25) is 0 Å². The number of benzene rings is 3. The Hall–Kier alpha value is -3.54. The number of ketones is 2. The van der Waals surface area contributed by atoms with Gasteiger partial charge in [0, 0.05) is 11.1 Å². The zero-order chi connectivity index (χ0) is 39.8. The Bertz CT molecular complexity index is 1530. The molecule has 0 fully saturated rings. The fourth-order valence-corrected chi connectivity index (χ4v) is 7.79. The summed E-state index contributed by atoms with van der Waals surface area (Å²) in [7, 11) is 0. The molecule has 4 rings (SSSR count). The number of rotatable bonds is 32. The van der Waals surface area contributed by atoms with Gasteiger partial charge in [-0.15, -0.1) is 0 Å². The lowest BCUT2D eigenvalue weighted by Gasteiger charge is -2.21. The second kappa shape index (κ2) is 26.4. The summed E-state index contributed by atoms with van der Waals surface area (Å²) in [4.78, 5) is 27.5. The van der Waals surface area contributed by atoms with Crippen LogP contribution in [0.25, 0.3) is 21.5 Å². The van der Waals surface area contributed by atoms with Gasteiger partial charge in [-0.2, -0.15) is 0 Å². The Morgan fingerprint density at radius 3 is 0.821 bits per heavy atom. The molecule has 0 radical (unpaired) electrons. The molecule has 0 spiro atoms. The summed E-state index contributed by atoms with van der Waals surface area (Å²) in [5.74, 6) is 2.28. The van der Waals surface area contributed by atoms with Gasteiger partial charge >= 0.3 is 0 Å². The van der Waals surface area contributed by atoms with Gasteiger partial charge in [-0.3, -0.25) is 9.59 Å². The topological polar surface area (TPSA) is 71.1 Å². The lowest BCUT2D eigenvalue weighted by atomic mass is 9.84. The molecule has 6 nitrogen and oxygen atoms in total. The zero-order valence-electron chi connectivity index (χ0n) is 35.7. The highest BCUT2D eigenvalue weighted by Gasteiger charge is 2.28. The standard InChI is InChI=1S/C50H74O6/c1-5-9-13-17-21-25-31-53-45-35-39-40-36-46(54-32-26-22-18-14-10-6-2)48(56-34-28-24-20-16-12-8-4)38-42(40)50-44(52)30-29-43(51)49(50)41(39)37-47(45)55-33-27-23-19-15-11-7-3/h29-30,35-38H,5-28,31-34H2,1-4H3. The van der Waals surface area contributed by atoms with Crippen LogP contribution in [0.15, 0.2) is 36.4 Å². The Morgan fingerprint density at radius 2 is 0.554 bits per heavy atom. The molecule has 6 heteroatoms. The first kappa shape index (κ1) is 45.2. The number of unbranched alkanes of at least 4 members (excludes halogenated alkanes) is 20. The first-order valence-electron chi connectivity index (χ1n) is 22.9. The van der Waals surface area contributed by atoms with E-state index in [4.69, 9.17) is 18.9 Å². The molecule has 3 aromatic rings. The molecular formula is C50H74O6. The van der Waals surface area contributed by atoms with Crippen LogP contribution in [-0.4, -0.2) is 38.0 Å². The van der Waals surface area contributed by atoms with Gasteiger partial charge < -0.3 is 18.9 Å². The fraction of sp³-hybridized carbons (Fsp3) is 0.640. The Labute approximate surface area is 339 Å². The van der Waals surface area contributed by atoms with E-state index in [-0.39, 0.29) is 11.6 Å². The van der Waals surface area contributed by atoms with E-state index in [1.54, 1.807) is 0 Å². The highest BCUT2D eigenvalue weighted by atomic mass is 16.5. The van der Waals surface area contributed by atoms with Crippen LogP contribution in [-0.2, 0) is 0 Å². The molecule has 0 aromatic heterocycles. The van der Waals surface area contributed by atoms with Crippen LogP contribution < -0.4 is 18.9 Å². The quantitative estimate of drug-likeness (QED) is 0.0465. The predicted molar refractivity (Wildman–Crippen MR) is 235 cm³/mol. The minimum Gasteiger partial charge on any atom is -0.490 e. The minimum absolute atomic E-state index is 0.174. The second-order valence-corrected chi connectivity index (χ2v) is 16.0. The summed E-state index contributed by atoms with van der Waals surface area (Å²) in [5.41, 5.74) is 0.851. The summed E-state index contributed by atoms with van der Waals surface area (Å²) in [6.07, 6.45) is 30.9. The first-order valence-corrected chi connectivity index (χ1v) is 22.9. The maximum atomic E-state index is 13.8. The van der Waals surface area contributed by atoms with Crippen molar-refractivity contribution in [3.8, 4) is 23.0 Å². The van der Waals surface area contributed by atoms with Crippen molar-refractivity contribution in [1.82, 2.24) is 0 Å². The molecule has 0 aliphatic heterocycles. The van der Waals surface area contributed by atoms with Gasteiger partial charge in [-0.05, 0) is 83.6 Å². The van der Waals surface area contributed by atoms with E-state index in [2.05, 4.69) is 27.7 Å². The van der Waals surface area contributed by atoms with Gasteiger partial charge in [0.25, 0.3) is 0 Å². The largest absolute Gasteiger partial charge is 0.490 e. The number of carbonyl (C=O) groups is 2. The predicted octanol–water partition coefficient (Wildman–Crippen LogP) is 14.9. The summed E-state index contributed by atoms with van der Waals surface area (Å²) < 4.78 is 26.0. The van der Waals surface area contributed by atoms with Crippen LogP contribution in [0.4, 0.5) is 0 Å². The molecule has 0 unspecified atom stereocenters. The van der Waals surface area contributed by atoms with Gasteiger partial charge in [-0.25, -0.2) is 0 Å². The van der Waals surface area contributed by atoms with Gasteiger partial charge in [-0.1, -0.05) is 156 Å². The second-order valence-electron chi connectivity index (χ2n) is 16.0. The molecule has 1 aliphatic carbocycles. The van der Waals surface area contributed by atoms with Gasteiger partial charge in [0.05, 0.1) is 26.4 Å². The Balaban J connectivity index is 1.73. The lowest BCUT2D eigenvalue weighted by Crippen LogP contribution is -2.14. The number of hydrogen-bond acceptors (Lipinski definition) is 6. The van der Waals surface area contributed by atoms with E-state index in [0.717, 1.165) is 62.1 Å². The third-order valence-electron chi connectivity index (χ3n) is 11.1. The van der Waals surface area contributed by atoms with Gasteiger partial charge in [0.15, 0.2) is 34.6 Å². The van der Waals surface area contributed by atoms with Gasteiger partial charge in [0.1, 0.15) is 0 Å². The van der Waals surface area contributed by atoms with E-state index in [1.165, 1.54) is 115 Å². The van der Waals surface area contributed by atoms with E-state index >= 15 is 0 Å². The molecule has 56 heavy (non-hydrogen) atoms. The molecule has 0 saturated heterocycles. The van der Waals surface area contributed by atoms with Crippen molar-refractivity contribution in [3.63, 3.8) is 0 Å². The zero-order valence-corrected chi connectivity index (χ0v) is 35.7. The molecule has 0 N–H and O–H groups in total. The number of allylic oxidation sites excluding steroid dienone is 2. The normalized spacial score (nSPS) is 12.5. The molecule has 1 aliphatic rings. The highest BCUT2D eigenvalue weighted by molar-refractivity contribution is 6.34. The van der Waals surface area contributed by atoms with Crippen LogP contribution in [0.5, 0.6) is 23.0 Å². The average Bonchev–Trinajstić information content (AvgIpc) is 3.20. The van der Waals surface area contributed by atoms with E-state index in [0.29, 0.717) is 71.3 Å². The van der Waals surface area contributed by atoms with E-state index in [1.807, 2.05) is 24.3 Å². The summed E-state index contributed by atoms with van der Waals surface area (Å²) in [6.45, 7) is 11.3. The summed E-state index contributed by atoms with van der Waals surface area (Å²) in [5, 5.41) is 3.13. The SMILES string of the molecule is CCCCCCCCOc1cc2c3c(c4cc(OCCCCCCCC)c(OCCCCCCCC)cc4c2cc1OCCCCCCCC)C(=O)C=CC3=O. The Kier molecular flexibility index (Phi) is 21.3. The molecule has 0 amide bonds. The van der Waals surface area contributed by atoms with Crippen LogP contribution in [0.3, 0.4) is 0 Å². The number of hydrogen-bond donors (Lipinski definition) is 0. The third-order valence-corrected chi connectivity index (χ3v) is 11.1. The van der Waals surface area contributed by atoms with Crippen molar-refractivity contribution in [1.29, 1.82) is 0 Å². The number of carbonyl (C=O) groups excluding carboxylic acids is 2. The van der Waals surface area contributed by atoms with E-state index in [9.17, 15) is 9.59 Å². The van der Waals surface area contributed by atoms with Crippen molar-refractivity contribution < 1.29 is 28.5 Å². The number of ether oxygens (including phenoxy) is 4. The fourth-order valence-electron chi connectivity index (χ4n) is 7.79. The average molecular weight is 771 g/mol. The highest BCUT2D eigenvalue weighted by Crippen LogP contribution is 2.45. The molecule has 0 saturated carbocycles. The molecule has 0 heterocycles. The third kappa shape index (κ3) is 14.1. The van der Waals surface area contributed by atoms with Crippen molar-refractivity contribution in [2.24, 2.45) is 0 Å². The maximum Gasteiger partial charge on any atom is 0.187 e. The van der Waals surface area contributed by atoms with E-state index < -0.39 is 0 Å². The van der Waals surface area contributed by atoms with Crippen LogP contribution in [0.2, 0.25) is 0 Å². The van der Waals surface area contributed by atoms with Crippen LogP contribution >= 0.6 is 0 Å². The summed E-state index contributed by atoms with van der Waals surface area (Å²) >= 11 is 0. The van der Waals surface area contributed by atoms with Crippen molar-refractivity contribution in [2.75, 3.05) is 26.4 Å². The summed E-state index contributed by atoms with van der Waals surface area (Å²) in [6, 6.07) is 7.98. The number of fused-ring (bicyclic) bond motifs is 6. The maximum absolute atomic E-state index is 13.8. The molecule has 0 bridgehead atoms. The van der Waals surface area contributed by atoms with Crippen molar-refractivity contribution in [3.05, 3.63) is 47.5 Å². The minimum atomic E-state index is -0.174. The lowest BCUT2D eigenvalue weighted by molar-refractivity contribution is 0.0996. The molecule has 310 valence electrons. The monoisotopic (exact) mass is 771 g/mol. The van der Waals surface area contributed by atoms with Crippen LogP contribution in [0, 0.1) is 0 Å². The molecule has 0 atom stereocenters. The van der Waals surface area contributed by atoms with Crippen LogP contribution in [0.1, 0.15) is 203 Å². The Morgan fingerprint density at radius 1 is 0.321 bits per heavy atom. The van der Waals surface area contributed by atoms with Crippen molar-refractivity contribution >= 4 is 33.1 Å². The molecule has 3 aromatic carbocycles.